The summed E-state index contributed by atoms with van der Waals surface area (Å²) in [5.74, 6) is 2.57. The molecule has 0 spiro atoms. The smallest absolute Gasteiger partial charge is 0.191 e. The van der Waals surface area contributed by atoms with Gasteiger partial charge in [0, 0.05) is 25.8 Å². The van der Waals surface area contributed by atoms with Crippen LogP contribution in [0.1, 0.15) is 44.7 Å². The van der Waals surface area contributed by atoms with E-state index < -0.39 is 5.60 Å². The van der Waals surface area contributed by atoms with Crippen LogP contribution in [0.5, 0.6) is 0 Å². The van der Waals surface area contributed by atoms with E-state index in [2.05, 4.69) is 44.6 Å². The van der Waals surface area contributed by atoms with Crippen LogP contribution in [-0.4, -0.2) is 42.2 Å². The minimum atomic E-state index is -0.939. The minimum absolute atomic E-state index is 0.389. The largest absolute Gasteiger partial charge is 0.384 e. The van der Waals surface area contributed by atoms with Gasteiger partial charge in [0.15, 0.2) is 5.96 Å². The molecule has 0 aromatic carbocycles. The number of aliphatic imine (C=N–C) groups is 1. The van der Waals surface area contributed by atoms with Crippen LogP contribution in [0.2, 0.25) is 0 Å². The fraction of sp³-hybridized carbons (Fsp3) is 0.545. The molecule has 2 aromatic rings. The van der Waals surface area contributed by atoms with Gasteiger partial charge in [-0.3, -0.25) is 0 Å². The number of nitrogens with one attached hydrogen (secondary N) is 2. The highest BCUT2D eigenvalue weighted by molar-refractivity contribution is 7.08. The maximum atomic E-state index is 10.7. The van der Waals surface area contributed by atoms with Gasteiger partial charge in [0.1, 0.15) is 11.4 Å². The number of hydrogen-bond acceptors (Lipinski definition) is 5. The molecule has 7 heteroatoms. The molecule has 1 saturated heterocycles. The van der Waals surface area contributed by atoms with Crippen molar-refractivity contribution in [3.05, 3.63) is 46.3 Å². The number of guanidine groups is 1. The summed E-state index contributed by atoms with van der Waals surface area (Å²) in [4.78, 5) is 11.7. The average Bonchev–Trinajstić information content (AvgIpc) is 3.27. The molecule has 1 unspecified atom stereocenters. The van der Waals surface area contributed by atoms with Crippen LogP contribution in [0.15, 0.2) is 40.1 Å². The number of aliphatic hydroxyl groups is 1. The van der Waals surface area contributed by atoms with E-state index in [9.17, 15) is 5.11 Å². The monoisotopic (exact) mass is 415 g/mol. The van der Waals surface area contributed by atoms with Crippen molar-refractivity contribution in [2.75, 3.05) is 31.1 Å². The van der Waals surface area contributed by atoms with Gasteiger partial charge in [0.25, 0.3) is 0 Å². The lowest BCUT2D eigenvalue weighted by Gasteiger charge is -2.31. The predicted octanol–water partition coefficient (Wildman–Crippen LogP) is 3.34. The molecule has 3 heterocycles. The number of nitrogens with zero attached hydrogens (tertiary/aromatic N) is 3. The van der Waals surface area contributed by atoms with Crippen molar-refractivity contribution in [3.8, 4) is 0 Å². The van der Waals surface area contributed by atoms with Gasteiger partial charge in [-0.15, -0.1) is 0 Å². The first-order chi connectivity index (χ1) is 14.0. The van der Waals surface area contributed by atoms with Crippen LogP contribution in [0.25, 0.3) is 0 Å². The zero-order valence-corrected chi connectivity index (χ0v) is 18.5. The Morgan fingerprint density at radius 2 is 2.10 bits per heavy atom. The summed E-state index contributed by atoms with van der Waals surface area (Å²) in [6, 6.07) is 6.16. The molecular weight excluding hydrogens is 382 g/mol. The molecule has 1 atom stereocenters. The molecule has 0 bridgehead atoms. The Morgan fingerprint density at radius 1 is 1.31 bits per heavy atom. The van der Waals surface area contributed by atoms with Gasteiger partial charge in [-0.1, -0.05) is 13.0 Å². The molecule has 3 rings (SSSR count). The summed E-state index contributed by atoms with van der Waals surface area (Å²) in [6.07, 6.45) is 4.39. The Hall–Kier alpha value is -2.12. The summed E-state index contributed by atoms with van der Waals surface area (Å²) in [5.41, 5.74) is 1.05. The van der Waals surface area contributed by atoms with E-state index in [1.807, 2.05) is 36.9 Å². The lowest BCUT2D eigenvalue weighted by molar-refractivity contribution is 0.0621. The number of aromatic nitrogens is 1. The molecule has 1 fully saturated rings. The van der Waals surface area contributed by atoms with Crippen LogP contribution >= 0.6 is 11.3 Å². The van der Waals surface area contributed by atoms with Gasteiger partial charge in [-0.05, 0) is 66.6 Å². The first-order valence-corrected chi connectivity index (χ1v) is 11.4. The van der Waals surface area contributed by atoms with Crippen LogP contribution in [0.3, 0.4) is 0 Å². The molecule has 2 aromatic heterocycles. The van der Waals surface area contributed by atoms with E-state index in [4.69, 9.17) is 0 Å². The van der Waals surface area contributed by atoms with Crippen molar-refractivity contribution in [1.82, 2.24) is 15.6 Å². The summed E-state index contributed by atoms with van der Waals surface area (Å²) >= 11 is 1.59. The van der Waals surface area contributed by atoms with Crippen molar-refractivity contribution >= 4 is 23.1 Å². The zero-order valence-electron chi connectivity index (χ0n) is 17.7. The van der Waals surface area contributed by atoms with Crippen molar-refractivity contribution in [2.45, 2.75) is 45.8 Å². The Morgan fingerprint density at radius 3 is 2.72 bits per heavy atom. The van der Waals surface area contributed by atoms with E-state index in [1.54, 1.807) is 11.3 Å². The quantitative estimate of drug-likeness (QED) is 0.478. The first kappa shape index (κ1) is 21.6. The highest BCUT2D eigenvalue weighted by Gasteiger charge is 2.23. The van der Waals surface area contributed by atoms with E-state index in [0.29, 0.717) is 19.0 Å². The minimum Gasteiger partial charge on any atom is -0.384 e. The lowest BCUT2D eigenvalue weighted by Crippen LogP contribution is -2.44. The topological polar surface area (TPSA) is 72.8 Å². The Bertz CT molecular complexity index is 765. The molecular formula is C22H33N5OS. The first-order valence-electron chi connectivity index (χ1n) is 10.4. The molecule has 0 radical (unpaired) electrons. The summed E-state index contributed by atoms with van der Waals surface area (Å²) < 4.78 is 0. The van der Waals surface area contributed by atoms with Gasteiger partial charge >= 0.3 is 0 Å². The van der Waals surface area contributed by atoms with Crippen molar-refractivity contribution in [3.63, 3.8) is 0 Å². The second-order valence-corrected chi connectivity index (χ2v) is 8.81. The molecule has 1 aliphatic heterocycles. The number of rotatable bonds is 7. The van der Waals surface area contributed by atoms with Crippen LogP contribution in [0.4, 0.5) is 5.82 Å². The summed E-state index contributed by atoms with van der Waals surface area (Å²) in [7, 11) is 0. The molecule has 0 saturated carbocycles. The Labute approximate surface area is 178 Å². The molecule has 29 heavy (non-hydrogen) atoms. The lowest BCUT2D eigenvalue weighted by atomic mass is 9.99. The second kappa shape index (κ2) is 10.1. The van der Waals surface area contributed by atoms with Crippen LogP contribution in [0, 0.1) is 5.92 Å². The number of piperidine rings is 1. The van der Waals surface area contributed by atoms with E-state index in [0.717, 1.165) is 42.5 Å². The van der Waals surface area contributed by atoms with Gasteiger partial charge in [-0.2, -0.15) is 11.3 Å². The highest BCUT2D eigenvalue weighted by atomic mass is 32.1. The third kappa shape index (κ3) is 6.18. The van der Waals surface area contributed by atoms with Crippen molar-refractivity contribution in [1.29, 1.82) is 0 Å². The van der Waals surface area contributed by atoms with E-state index in [1.165, 1.54) is 12.8 Å². The predicted molar refractivity (Wildman–Crippen MR) is 122 cm³/mol. The zero-order chi connectivity index (χ0) is 20.7. The normalized spacial score (nSPS) is 17.8. The van der Waals surface area contributed by atoms with Crippen molar-refractivity contribution in [2.24, 2.45) is 10.9 Å². The van der Waals surface area contributed by atoms with Gasteiger partial charge in [0.05, 0.1) is 13.1 Å². The third-order valence-electron chi connectivity index (χ3n) is 5.42. The average molecular weight is 416 g/mol. The number of anilines is 1. The Balaban J connectivity index is 1.56. The fourth-order valence-corrected chi connectivity index (χ4v) is 4.16. The van der Waals surface area contributed by atoms with Crippen LogP contribution < -0.4 is 15.5 Å². The highest BCUT2D eigenvalue weighted by Crippen LogP contribution is 2.22. The number of hydrogen-bond donors (Lipinski definition) is 3. The number of pyridine rings is 1. The van der Waals surface area contributed by atoms with Gasteiger partial charge in [-0.25, -0.2) is 9.98 Å². The molecule has 158 valence electrons. The molecule has 0 amide bonds. The molecule has 1 aliphatic rings. The van der Waals surface area contributed by atoms with Crippen LogP contribution in [-0.2, 0) is 12.1 Å². The number of thiophene rings is 1. The second-order valence-electron chi connectivity index (χ2n) is 8.03. The van der Waals surface area contributed by atoms with E-state index in [-0.39, 0.29) is 0 Å². The maximum Gasteiger partial charge on any atom is 0.191 e. The summed E-state index contributed by atoms with van der Waals surface area (Å²) in [5, 5.41) is 21.1. The standard InChI is InChI=1S/C22H33N5OS/c1-4-23-21(26-16-22(3,28)19-9-12-29-15-19)25-14-18-5-6-20(24-13-18)27-10-7-17(2)8-11-27/h5-6,9,12-13,15,17,28H,4,7-8,10-11,14,16H2,1-3H3,(H2,23,25,26). The molecule has 3 N–H and O–H groups in total. The third-order valence-corrected chi connectivity index (χ3v) is 6.11. The Kier molecular flexibility index (Phi) is 7.50. The fourth-order valence-electron chi connectivity index (χ4n) is 3.38. The van der Waals surface area contributed by atoms with E-state index >= 15 is 0 Å². The SMILES string of the molecule is CCNC(=NCc1ccc(N2CCC(C)CC2)nc1)NCC(C)(O)c1ccsc1. The van der Waals surface area contributed by atoms with Gasteiger partial charge < -0.3 is 20.6 Å². The van der Waals surface area contributed by atoms with Gasteiger partial charge in [0.2, 0.25) is 0 Å². The maximum absolute atomic E-state index is 10.7. The van der Waals surface area contributed by atoms with Crippen molar-refractivity contribution < 1.29 is 5.11 Å². The molecule has 0 aliphatic carbocycles. The summed E-state index contributed by atoms with van der Waals surface area (Å²) in [6.45, 7) is 10.0. The molecule has 6 nitrogen and oxygen atoms in total.